The van der Waals surface area contributed by atoms with Gasteiger partial charge in [0.05, 0.1) is 13.1 Å². The summed E-state index contributed by atoms with van der Waals surface area (Å²) in [5, 5.41) is 5.36. The van der Waals surface area contributed by atoms with Crippen LogP contribution in [0.25, 0.3) is 0 Å². The van der Waals surface area contributed by atoms with Crippen LogP contribution >= 0.6 is 0 Å². The van der Waals surface area contributed by atoms with E-state index >= 15 is 0 Å². The van der Waals surface area contributed by atoms with Crippen LogP contribution in [0.4, 0.5) is 0 Å². The third-order valence-electron chi connectivity index (χ3n) is 3.57. The first kappa shape index (κ1) is 25.4. The Morgan fingerprint density at radius 2 is 1.04 bits per heavy atom. The Labute approximate surface area is 166 Å². The predicted octanol–water partition coefficient (Wildman–Crippen LogP) is 1.80. The zero-order chi connectivity index (χ0) is 21.4. The molecular weight excluding hydrogens is 364 g/mol. The monoisotopic (exact) mass is 396 g/mol. The highest BCUT2D eigenvalue weighted by atomic mass is 16.5. The summed E-state index contributed by atoms with van der Waals surface area (Å²) >= 11 is 0. The molecule has 0 heterocycles. The number of rotatable bonds is 15. The van der Waals surface area contributed by atoms with Crippen molar-refractivity contribution in [2.75, 3.05) is 26.3 Å². The van der Waals surface area contributed by atoms with Crippen LogP contribution in [0.1, 0.15) is 52.4 Å². The molecule has 28 heavy (non-hydrogen) atoms. The van der Waals surface area contributed by atoms with E-state index in [-0.39, 0.29) is 38.1 Å². The molecule has 0 aromatic carbocycles. The van der Waals surface area contributed by atoms with Crippen molar-refractivity contribution < 1.29 is 28.7 Å². The van der Waals surface area contributed by atoms with Gasteiger partial charge in [0, 0.05) is 24.0 Å². The van der Waals surface area contributed by atoms with E-state index in [1.54, 1.807) is 13.8 Å². The van der Waals surface area contributed by atoms with Crippen LogP contribution in [0.3, 0.4) is 0 Å². The summed E-state index contributed by atoms with van der Waals surface area (Å²) in [5.74, 6) is -1.11. The van der Waals surface area contributed by atoms with Gasteiger partial charge in [0.1, 0.15) is 13.2 Å². The topological polar surface area (TPSA) is 111 Å². The molecule has 0 saturated heterocycles. The Hall–Kier alpha value is -2.64. The van der Waals surface area contributed by atoms with Gasteiger partial charge >= 0.3 is 11.9 Å². The largest absolute Gasteiger partial charge is 0.460 e. The van der Waals surface area contributed by atoms with Crippen LogP contribution in [-0.4, -0.2) is 50.1 Å². The van der Waals surface area contributed by atoms with Gasteiger partial charge < -0.3 is 20.1 Å². The minimum atomic E-state index is -0.467. The van der Waals surface area contributed by atoms with Crippen molar-refractivity contribution in [2.24, 2.45) is 0 Å². The van der Waals surface area contributed by atoms with E-state index in [0.717, 1.165) is 25.7 Å². The summed E-state index contributed by atoms with van der Waals surface area (Å²) in [6, 6.07) is 0. The zero-order valence-corrected chi connectivity index (χ0v) is 16.9. The molecule has 0 radical (unpaired) electrons. The molecule has 8 heteroatoms. The fourth-order valence-corrected chi connectivity index (χ4v) is 2.02. The number of carbonyl (C=O) groups is 4. The molecule has 0 saturated carbocycles. The van der Waals surface area contributed by atoms with Crippen molar-refractivity contribution in [1.82, 2.24) is 10.6 Å². The number of nitrogens with one attached hydrogen (secondary N) is 2. The molecule has 2 N–H and O–H groups in total. The molecule has 0 aromatic heterocycles. The average Bonchev–Trinajstić information content (AvgIpc) is 2.64. The highest BCUT2D eigenvalue weighted by Crippen LogP contribution is 2.05. The second kappa shape index (κ2) is 15.4. The van der Waals surface area contributed by atoms with Crippen LogP contribution in [0.5, 0.6) is 0 Å². The van der Waals surface area contributed by atoms with Crippen molar-refractivity contribution >= 4 is 23.8 Å². The molecule has 0 fully saturated rings. The lowest BCUT2D eigenvalue weighted by molar-refractivity contribution is -0.139. The molecule has 158 valence electrons. The zero-order valence-electron chi connectivity index (χ0n) is 16.9. The smallest absolute Gasteiger partial charge is 0.333 e. The third kappa shape index (κ3) is 14.5. The fraction of sp³-hybridized carbons (Fsp3) is 0.600. The summed E-state index contributed by atoms with van der Waals surface area (Å²) in [6.45, 7) is 10.9. The Morgan fingerprint density at radius 3 is 1.36 bits per heavy atom. The number of amides is 2. The van der Waals surface area contributed by atoms with E-state index in [9.17, 15) is 19.2 Å². The normalized spacial score (nSPS) is 9.93. The van der Waals surface area contributed by atoms with Crippen LogP contribution in [0, 0.1) is 0 Å². The molecule has 0 aliphatic carbocycles. The first-order valence-corrected chi connectivity index (χ1v) is 9.42. The van der Waals surface area contributed by atoms with E-state index in [2.05, 4.69) is 23.8 Å². The Morgan fingerprint density at radius 1 is 0.679 bits per heavy atom. The SMILES string of the molecule is C=C(C)C(=O)OCCNC(=O)CCCCCCC(=O)NCCOC(=O)C(=C)C. The van der Waals surface area contributed by atoms with Crippen LogP contribution in [0.15, 0.2) is 24.3 Å². The average molecular weight is 396 g/mol. The molecule has 0 aliphatic rings. The minimum absolute atomic E-state index is 0.0894. The maximum atomic E-state index is 11.6. The number of unbranched alkanes of at least 4 members (excludes halogenated alkanes) is 3. The highest BCUT2D eigenvalue weighted by molar-refractivity contribution is 5.87. The van der Waals surface area contributed by atoms with E-state index in [1.807, 2.05) is 0 Å². The molecule has 0 bridgehead atoms. The maximum absolute atomic E-state index is 11.6. The molecule has 0 rings (SSSR count). The van der Waals surface area contributed by atoms with Crippen LogP contribution in [0.2, 0.25) is 0 Å². The molecule has 0 unspecified atom stereocenters. The molecule has 8 nitrogen and oxygen atoms in total. The van der Waals surface area contributed by atoms with Crippen LogP contribution < -0.4 is 10.6 Å². The second-order valence-electron chi connectivity index (χ2n) is 6.45. The van der Waals surface area contributed by atoms with E-state index in [1.165, 1.54) is 0 Å². The van der Waals surface area contributed by atoms with Gasteiger partial charge in [-0.15, -0.1) is 0 Å². The van der Waals surface area contributed by atoms with Gasteiger partial charge in [-0.05, 0) is 26.7 Å². The first-order chi connectivity index (χ1) is 13.2. The molecular formula is C20H32N2O6. The van der Waals surface area contributed by atoms with Crippen molar-refractivity contribution in [3.05, 3.63) is 24.3 Å². The summed E-state index contributed by atoms with van der Waals surface area (Å²) in [6.07, 6.45) is 3.96. The van der Waals surface area contributed by atoms with Crippen LogP contribution in [-0.2, 0) is 28.7 Å². The quantitative estimate of drug-likeness (QED) is 0.248. The van der Waals surface area contributed by atoms with Gasteiger partial charge in [0.2, 0.25) is 11.8 Å². The highest BCUT2D eigenvalue weighted by Gasteiger charge is 2.06. The Balaban J connectivity index is 3.50. The van der Waals surface area contributed by atoms with Gasteiger partial charge in [0.15, 0.2) is 0 Å². The number of ether oxygens (including phenoxy) is 2. The molecule has 0 spiro atoms. The molecule has 0 aliphatic heterocycles. The van der Waals surface area contributed by atoms with Gasteiger partial charge in [-0.3, -0.25) is 9.59 Å². The fourth-order valence-electron chi connectivity index (χ4n) is 2.02. The molecule has 0 aromatic rings. The molecule has 2 amide bonds. The lowest BCUT2D eigenvalue weighted by atomic mass is 10.1. The van der Waals surface area contributed by atoms with Crippen molar-refractivity contribution in [3.63, 3.8) is 0 Å². The lowest BCUT2D eigenvalue weighted by Crippen LogP contribution is -2.28. The number of carbonyl (C=O) groups excluding carboxylic acids is 4. The van der Waals surface area contributed by atoms with E-state index in [0.29, 0.717) is 24.0 Å². The number of hydrogen-bond donors (Lipinski definition) is 2. The Bertz CT molecular complexity index is 521. The summed E-state index contributed by atoms with van der Waals surface area (Å²) in [7, 11) is 0. The van der Waals surface area contributed by atoms with E-state index < -0.39 is 11.9 Å². The standard InChI is InChI=1S/C20H32N2O6/c1-15(2)19(25)27-13-11-21-17(23)9-7-5-6-8-10-18(24)22-12-14-28-20(26)16(3)4/h1,3,5-14H2,2,4H3,(H,21,23)(H,22,24). The summed E-state index contributed by atoms with van der Waals surface area (Å²) in [4.78, 5) is 45.5. The van der Waals surface area contributed by atoms with E-state index in [4.69, 9.17) is 9.47 Å². The third-order valence-corrected chi connectivity index (χ3v) is 3.57. The minimum Gasteiger partial charge on any atom is -0.460 e. The van der Waals surface area contributed by atoms with Crippen molar-refractivity contribution in [3.8, 4) is 0 Å². The number of esters is 2. The van der Waals surface area contributed by atoms with Gasteiger partial charge in [-0.2, -0.15) is 0 Å². The van der Waals surface area contributed by atoms with Crippen molar-refractivity contribution in [1.29, 1.82) is 0 Å². The van der Waals surface area contributed by atoms with Crippen molar-refractivity contribution in [2.45, 2.75) is 52.4 Å². The second-order valence-corrected chi connectivity index (χ2v) is 6.45. The lowest BCUT2D eigenvalue weighted by Gasteiger charge is -2.07. The summed E-state index contributed by atoms with van der Waals surface area (Å²) < 4.78 is 9.74. The van der Waals surface area contributed by atoms with Gasteiger partial charge in [-0.25, -0.2) is 9.59 Å². The predicted molar refractivity (Wildman–Crippen MR) is 105 cm³/mol. The summed E-state index contributed by atoms with van der Waals surface area (Å²) in [5.41, 5.74) is 0.650. The Kier molecular flexibility index (Phi) is 14.0. The van der Waals surface area contributed by atoms with Gasteiger partial charge in [0.25, 0.3) is 0 Å². The molecule has 0 atom stereocenters. The maximum Gasteiger partial charge on any atom is 0.333 e. The first-order valence-electron chi connectivity index (χ1n) is 9.42. The van der Waals surface area contributed by atoms with Gasteiger partial charge in [-0.1, -0.05) is 26.0 Å². The number of hydrogen-bond acceptors (Lipinski definition) is 6.